The van der Waals surface area contributed by atoms with Crippen molar-refractivity contribution < 1.29 is 14.3 Å². The number of morpholine rings is 1. The Bertz CT molecular complexity index is 546. The van der Waals surface area contributed by atoms with Crippen LogP contribution in [0.5, 0.6) is 0 Å². The number of hydrogen-bond acceptors (Lipinski definition) is 6. The molecular formula is C19H36IN5O3. The summed E-state index contributed by atoms with van der Waals surface area (Å²) in [6.45, 7) is 8.69. The Hall–Kier alpha value is -0.880. The van der Waals surface area contributed by atoms with Gasteiger partial charge in [0.05, 0.1) is 31.6 Å². The van der Waals surface area contributed by atoms with Crippen LogP contribution in [0.15, 0.2) is 27.8 Å². The van der Waals surface area contributed by atoms with Gasteiger partial charge < -0.3 is 29.8 Å². The zero-order chi connectivity index (χ0) is 19.5. The van der Waals surface area contributed by atoms with Crippen LogP contribution >= 0.6 is 24.0 Å². The summed E-state index contributed by atoms with van der Waals surface area (Å²) in [6, 6.07) is 3.86. The van der Waals surface area contributed by atoms with E-state index < -0.39 is 5.60 Å². The minimum atomic E-state index is -0.872. The van der Waals surface area contributed by atoms with Crippen molar-refractivity contribution in [2.45, 2.75) is 18.9 Å². The Balaban J connectivity index is 0.00000392. The van der Waals surface area contributed by atoms with Crippen LogP contribution in [0.25, 0.3) is 0 Å². The van der Waals surface area contributed by atoms with E-state index in [9.17, 15) is 5.11 Å². The van der Waals surface area contributed by atoms with Crippen LogP contribution in [0.4, 0.5) is 0 Å². The van der Waals surface area contributed by atoms with Crippen molar-refractivity contribution in [1.82, 2.24) is 20.4 Å². The summed E-state index contributed by atoms with van der Waals surface area (Å²) < 4.78 is 10.8. The Morgan fingerprint density at radius 2 is 2.00 bits per heavy atom. The normalized spacial score (nSPS) is 17.8. The summed E-state index contributed by atoms with van der Waals surface area (Å²) in [7, 11) is 3.89. The van der Waals surface area contributed by atoms with Gasteiger partial charge in [0, 0.05) is 45.7 Å². The summed E-state index contributed by atoms with van der Waals surface area (Å²) >= 11 is 0. The second-order valence-electron chi connectivity index (χ2n) is 7.54. The minimum Gasteiger partial charge on any atom is -0.469 e. The molecule has 2 rings (SSSR count). The highest BCUT2D eigenvalue weighted by Crippen LogP contribution is 2.05. The molecule has 0 saturated carbocycles. The van der Waals surface area contributed by atoms with Gasteiger partial charge in [0.1, 0.15) is 5.76 Å². The van der Waals surface area contributed by atoms with E-state index in [0.717, 1.165) is 51.6 Å². The fourth-order valence-electron chi connectivity index (χ4n) is 3.07. The van der Waals surface area contributed by atoms with Gasteiger partial charge in [-0.3, -0.25) is 9.89 Å². The topological polar surface area (TPSA) is 85.5 Å². The van der Waals surface area contributed by atoms with Crippen molar-refractivity contribution in [3.05, 3.63) is 24.2 Å². The molecule has 1 aromatic heterocycles. The number of guanidine groups is 1. The molecule has 0 radical (unpaired) electrons. The van der Waals surface area contributed by atoms with Crippen molar-refractivity contribution in [2.24, 2.45) is 4.99 Å². The van der Waals surface area contributed by atoms with Crippen molar-refractivity contribution >= 4 is 29.9 Å². The van der Waals surface area contributed by atoms with Crippen LogP contribution in [0, 0.1) is 0 Å². The third kappa shape index (κ3) is 10.6. The Morgan fingerprint density at radius 1 is 1.29 bits per heavy atom. The van der Waals surface area contributed by atoms with Gasteiger partial charge in [-0.2, -0.15) is 0 Å². The number of hydrogen-bond donors (Lipinski definition) is 3. The molecule has 0 aromatic carbocycles. The van der Waals surface area contributed by atoms with Crippen LogP contribution < -0.4 is 10.6 Å². The van der Waals surface area contributed by atoms with Gasteiger partial charge in [0.25, 0.3) is 0 Å². The van der Waals surface area contributed by atoms with Gasteiger partial charge in [-0.25, -0.2) is 0 Å². The highest BCUT2D eigenvalue weighted by molar-refractivity contribution is 14.0. The van der Waals surface area contributed by atoms with E-state index in [-0.39, 0.29) is 24.0 Å². The average molecular weight is 509 g/mol. The standard InChI is InChI=1S/C19H35N5O3.HI/c1-19(25,16-23(2)3)15-22-18(20-7-6-17-5-4-12-27-17)21-8-9-24-10-13-26-14-11-24;/h4-5,12,25H,6-11,13-16H2,1-3H3,(H2,20,21,22);1H. The number of likely N-dealkylation sites (N-methyl/N-ethyl adjacent to an activating group) is 1. The lowest BCUT2D eigenvalue weighted by Crippen LogP contribution is -2.46. The number of furan rings is 1. The number of aliphatic imine (C=N–C) groups is 1. The lowest BCUT2D eigenvalue weighted by atomic mass is 10.1. The highest BCUT2D eigenvalue weighted by Gasteiger charge is 2.21. The summed E-state index contributed by atoms with van der Waals surface area (Å²) in [5.74, 6) is 1.66. The first-order chi connectivity index (χ1) is 12.9. The van der Waals surface area contributed by atoms with Crippen LogP contribution in [-0.4, -0.2) is 99.6 Å². The molecule has 1 aliphatic rings. The maximum absolute atomic E-state index is 10.5. The molecule has 0 spiro atoms. The van der Waals surface area contributed by atoms with E-state index in [2.05, 4.69) is 20.5 Å². The molecule has 0 aliphatic carbocycles. The van der Waals surface area contributed by atoms with E-state index in [1.165, 1.54) is 0 Å². The molecule has 1 saturated heterocycles. The third-order valence-corrected chi connectivity index (χ3v) is 4.30. The quantitative estimate of drug-likeness (QED) is 0.242. The number of aliphatic hydroxyl groups is 1. The van der Waals surface area contributed by atoms with Crippen molar-refractivity contribution in [3.63, 3.8) is 0 Å². The number of nitrogens with one attached hydrogen (secondary N) is 2. The average Bonchev–Trinajstić information content (AvgIpc) is 3.12. The molecule has 3 N–H and O–H groups in total. The van der Waals surface area contributed by atoms with E-state index >= 15 is 0 Å². The van der Waals surface area contributed by atoms with Crippen molar-refractivity contribution in [3.8, 4) is 0 Å². The zero-order valence-corrected chi connectivity index (χ0v) is 19.6. The van der Waals surface area contributed by atoms with E-state index in [0.29, 0.717) is 25.6 Å². The first-order valence-electron chi connectivity index (χ1n) is 9.66. The molecular weight excluding hydrogens is 473 g/mol. The SMILES string of the molecule is CN(C)CC(C)(O)CN=C(NCCc1ccco1)NCCN1CCOCC1.I. The second kappa shape index (κ2) is 13.4. The zero-order valence-electron chi connectivity index (χ0n) is 17.3. The number of halogens is 1. The first kappa shape index (κ1) is 25.2. The summed E-state index contributed by atoms with van der Waals surface area (Å²) in [4.78, 5) is 8.93. The highest BCUT2D eigenvalue weighted by atomic mass is 127. The molecule has 1 aromatic rings. The molecule has 1 unspecified atom stereocenters. The van der Waals surface area contributed by atoms with E-state index in [1.54, 1.807) is 6.26 Å². The summed E-state index contributed by atoms with van der Waals surface area (Å²) in [5, 5.41) is 17.2. The summed E-state index contributed by atoms with van der Waals surface area (Å²) in [5.41, 5.74) is -0.872. The van der Waals surface area contributed by atoms with E-state index in [1.807, 2.05) is 38.1 Å². The van der Waals surface area contributed by atoms with Crippen LogP contribution in [0.1, 0.15) is 12.7 Å². The predicted octanol–water partition coefficient (Wildman–Crippen LogP) is 0.620. The maximum Gasteiger partial charge on any atom is 0.191 e. The van der Waals surface area contributed by atoms with Gasteiger partial charge in [-0.1, -0.05) is 0 Å². The van der Waals surface area contributed by atoms with E-state index in [4.69, 9.17) is 9.15 Å². The van der Waals surface area contributed by atoms with Gasteiger partial charge in [0.2, 0.25) is 0 Å². The fourth-order valence-corrected chi connectivity index (χ4v) is 3.07. The summed E-state index contributed by atoms with van der Waals surface area (Å²) in [6.07, 6.45) is 2.47. The Morgan fingerprint density at radius 3 is 2.64 bits per heavy atom. The lowest BCUT2D eigenvalue weighted by Gasteiger charge is -2.27. The lowest BCUT2D eigenvalue weighted by molar-refractivity contribution is 0.0387. The van der Waals surface area contributed by atoms with Gasteiger partial charge in [0.15, 0.2) is 5.96 Å². The number of rotatable bonds is 10. The molecule has 1 fully saturated rings. The Kier molecular flexibility index (Phi) is 12.0. The second-order valence-corrected chi connectivity index (χ2v) is 7.54. The largest absolute Gasteiger partial charge is 0.469 e. The van der Waals surface area contributed by atoms with Crippen LogP contribution in [0.3, 0.4) is 0 Å². The van der Waals surface area contributed by atoms with Gasteiger partial charge in [-0.15, -0.1) is 24.0 Å². The van der Waals surface area contributed by atoms with Gasteiger partial charge in [-0.05, 0) is 33.2 Å². The molecule has 8 nitrogen and oxygen atoms in total. The molecule has 28 heavy (non-hydrogen) atoms. The third-order valence-electron chi connectivity index (χ3n) is 4.30. The molecule has 1 atom stereocenters. The molecule has 0 amide bonds. The molecule has 1 aliphatic heterocycles. The van der Waals surface area contributed by atoms with Crippen molar-refractivity contribution in [2.75, 3.05) is 73.1 Å². The Labute approximate surface area is 185 Å². The maximum atomic E-state index is 10.5. The minimum absolute atomic E-state index is 0. The number of ether oxygens (including phenoxy) is 1. The molecule has 2 heterocycles. The molecule has 162 valence electrons. The van der Waals surface area contributed by atoms with Crippen LogP contribution in [0.2, 0.25) is 0 Å². The van der Waals surface area contributed by atoms with Crippen LogP contribution in [-0.2, 0) is 11.2 Å². The molecule has 9 heteroatoms. The monoisotopic (exact) mass is 509 g/mol. The van der Waals surface area contributed by atoms with Gasteiger partial charge >= 0.3 is 0 Å². The smallest absolute Gasteiger partial charge is 0.191 e. The number of nitrogens with zero attached hydrogens (tertiary/aromatic N) is 3. The fraction of sp³-hybridized carbons (Fsp3) is 0.737. The molecule has 0 bridgehead atoms. The van der Waals surface area contributed by atoms with Crippen molar-refractivity contribution in [1.29, 1.82) is 0 Å². The first-order valence-corrected chi connectivity index (χ1v) is 9.66. The predicted molar refractivity (Wildman–Crippen MR) is 123 cm³/mol.